The molecule has 3 amide bonds. The topological polar surface area (TPSA) is 83.1 Å². The molecule has 1 aromatic carbocycles. The summed E-state index contributed by atoms with van der Waals surface area (Å²) >= 11 is 1.39. The van der Waals surface area contributed by atoms with E-state index in [1.807, 2.05) is 6.92 Å². The minimum Gasteiger partial charge on any atom is -0.333 e. The van der Waals surface area contributed by atoms with Gasteiger partial charge in [-0.05, 0) is 13.0 Å². The lowest BCUT2D eigenvalue weighted by atomic mass is 10.2. The molecule has 0 radical (unpaired) electrons. The summed E-state index contributed by atoms with van der Waals surface area (Å²) in [5, 5.41) is 7.04. The summed E-state index contributed by atoms with van der Waals surface area (Å²) < 4.78 is 27.2. The zero-order valence-electron chi connectivity index (χ0n) is 12.4. The highest BCUT2D eigenvalue weighted by Crippen LogP contribution is 2.23. The van der Waals surface area contributed by atoms with E-state index < -0.39 is 23.6 Å². The van der Waals surface area contributed by atoms with E-state index in [9.17, 15) is 18.4 Å². The second-order valence-corrected chi connectivity index (χ2v) is 5.60. The Bertz CT molecular complexity index is 748. The van der Waals surface area contributed by atoms with Gasteiger partial charge in [0.15, 0.2) is 0 Å². The number of rotatable bonds is 4. The lowest BCUT2D eigenvalue weighted by molar-refractivity contribution is -0.114. The fraction of sp³-hybridized carbons (Fsp3) is 0.214. The fourth-order valence-corrected chi connectivity index (χ4v) is 2.47. The van der Waals surface area contributed by atoms with Crippen LogP contribution in [0.15, 0.2) is 17.6 Å². The number of benzene rings is 1. The van der Waals surface area contributed by atoms with Crippen molar-refractivity contribution in [3.63, 3.8) is 0 Å². The third-order valence-electron chi connectivity index (χ3n) is 2.87. The summed E-state index contributed by atoms with van der Waals surface area (Å²) in [5.74, 6) is -2.38. The molecule has 122 valence electrons. The van der Waals surface area contributed by atoms with Crippen LogP contribution in [0.1, 0.15) is 17.5 Å². The van der Waals surface area contributed by atoms with E-state index >= 15 is 0 Å². The van der Waals surface area contributed by atoms with Crippen LogP contribution in [-0.2, 0) is 11.3 Å². The smallest absolute Gasteiger partial charge is 0.319 e. The molecular formula is C14H14F2N4O2S. The van der Waals surface area contributed by atoms with Crippen molar-refractivity contribution < 1.29 is 18.4 Å². The van der Waals surface area contributed by atoms with Crippen LogP contribution in [0.2, 0.25) is 0 Å². The highest BCUT2D eigenvalue weighted by atomic mass is 32.1. The van der Waals surface area contributed by atoms with Crippen molar-refractivity contribution in [3.05, 3.63) is 39.8 Å². The Labute approximate surface area is 134 Å². The Hall–Kier alpha value is -2.55. The van der Waals surface area contributed by atoms with Crippen LogP contribution in [-0.4, -0.2) is 16.9 Å². The minimum atomic E-state index is -0.944. The molecule has 23 heavy (non-hydrogen) atoms. The molecule has 3 N–H and O–H groups in total. The van der Waals surface area contributed by atoms with E-state index in [0.29, 0.717) is 6.07 Å². The minimum absolute atomic E-state index is 0.215. The summed E-state index contributed by atoms with van der Waals surface area (Å²) in [5.41, 5.74) is 2.00. The monoisotopic (exact) mass is 340 g/mol. The van der Waals surface area contributed by atoms with Gasteiger partial charge in [0.2, 0.25) is 5.91 Å². The van der Waals surface area contributed by atoms with Gasteiger partial charge in [0.25, 0.3) is 0 Å². The predicted octanol–water partition coefficient (Wildman–Crippen LogP) is 3.01. The largest absolute Gasteiger partial charge is 0.333 e. The summed E-state index contributed by atoms with van der Waals surface area (Å²) in [4.78, 5) is 27.7. The maximum Gasteiger partial charge on any atom is 0.319 e. The maximum absolute atomic E-state index is 13.7. The fourth-order valence-electron chi connectivity index (χ4n) is 1.75. The summed E-state index contributed by atoms with van der Waals surface area (Å²) in [7, 11) is 0. The van der Waals surface area contributed by atoms with Crippen molar-refractivity contribution in [3.8, 4) is 0 Å². The lowest BCUT2D eigenvalue weighted by Crippen LogP contribution is -2.28. The third-order valence-corrected chi connectivity index (χ3v) is 3.81. The van der Waals surface area contributed by atoms with Crippen LogP contribution in [0, 0.1) is 18.6 Å². The molecule has 0 atom stereocenters. The van der Waals surface area contributed by atoms with Gasteiger partial charge in [-0.1, -0.05) is 0 Å². The van der Waals surface area contributed by atoms with Gasteiger partial charge in [-0.15, -0.1) is 11.3 Å². The molecule has 1 aromatic heterocycles. The van der Waals surface area contributed by atoms with Crippen molar-refractivity contribution in [2.24, 2.45) is 0 Å². The molecule has 6 nitrogen and oxygen atoms in total. The number of hydrogen-bond acceptors (Lipinski definition) is 4. The second kappa shape index (κ2) is 7.14. The molecule has 2 aromatic rings. The first-order valence-corrected chi connectivity index (χ1v) is 7.45. The molecule has 0 spiro atoms. The number of carbonyl (C=O) groups excluding carboxylic acids is 2. The molecule has 1 heterocycles. The molecule has 0 saturated carbocycles. The lowest BCUT2D eigenvalue weighted by Gasteiger charge is -2.11. The standard InChI is InChI=1S/C14H14F2N4O2S/c1-7-13(23-6-18-7)5-17-14(22)20-12-4-11(19-8(2)21)9(15)3-10(12)16/h3-4,6H,5H2,1-2H3,(H,19,21)(H2,17,20,22). The van der Waals surface area contributed by atoms with Crippen LogP contribution in [0.3, 0.4) is 0 Å². The molecule has 0 saturated heterocycles. The number of carbonyl (C=O) groups is 2. The van der Waals surface area contributed by atoms with Gasteiger partial charge in [-0.25, -0.2) is 18.6 Å². The zero-order chi connectivity index (χ0) is 17.0. The molecular weight excluding hydrogens is 326 g/mol. The third kappa shape index (κ3) is 4.46. The van der Waals surface area contributed by atoms with E-state index in [2.05, 4.69) is 20.9 Å². The van der Waals surface area contributed by atoms with Gasteiger partial charge in [0, 0.05) is 17.9 Å². The van der Waals surface area contributed by atoms with Crippen LogP contribution in [0.5, 0.6) is 0 Å². The number of nitrogens with zero attached hydrogens (tertiary/aromatic N) is 1. The number of anilines is 2. The zero-order valence-corrected chi connectivity index (χ0v) is 13.2. The quantitative estimate of drug-likeness (QED) is 0.800. The number of aromatic nitrogens is 1. The Morgan fingerprint density at radius 3 is 2.39 bits per heavy atom. The summed E-state index contributed by atoms with van der Waals surface area (Å²) in [6, 6.07) is 0.953. The first-order chi connectivity index (χ1) is 10.9. The molecule has 0 unspecified atom stereocenters. The number of thiazole rings is 1. The molecule has 2 rings (SSSR count). The van der Waals surface area contributed by atoms with E-state index in [1.54, 1.807) is 5.51 Å². The van der Waals surface area contributed by atoms with Crippen LogP contribution >= 0.6 is 11.3 Å². The van der Waals surface area contributed by atoms with Gasteiger partial charge in [0.05, 0.1) is 29.1 Å². The molecule has 0 fully saturated rings. The summed E-state index contributed by atoms with van der Waals surface area (Å²) in [6.07, 6.45) is 0. The SMILES string of the molecule is CC(=O)Nc1cc(NC(=O)NCc2scnc2C)c(F)cc1F. The average molecular weight is 340 g/mol. The van der Waals surface area contributed by atoms with E-state index in [1.165, 1.54) is 18.3 Å². The van der Waals surface area contributed by atoms with E-state index in [0.717, 1.165) is 16.6 Å². The predicted molar refractivity (Wildman–Crippen MR) is 83.4 cm³/mol. The number of aryl methyl sites for hydroxylation is 1. The molecule has 0 bridgehead atoms. The molecule has 9 heteroatoms. The van der Waals surface area contributed by atoms with Crippen LogP contribution < -0.4 is 16.0 Å². The number of urea groups is 1. The van der Waals surface area contributed by atoms with Gasteiger partial charge in [0.1, 0.15) is 11.6 Å². The number of halogens is 2. The van der Waals surface area contributed by atoms with Gasteiger partial charge >= 0.3 is 6.03 Å². The van der Waals surface area contributed by atoms with Crippen molar-refractivity contribution >= 4 is 34.6 Å². The molecule has 0 aliphatic carbocycles. The van der Waals surface area contributed by atoms with Crippen molar-refractivity contribution in [2.45, 2.75) is 20.4 Å². The Kier molecular flexibility index (Phi) is 5.22. The highest BCUT2D eigenvalue weighted by molar-refractivity contribution is 7.09. The first-order valence-electron chi connectivity index (χ1n) is 6.57. The van der Waals surface area contributed by atoms with Crippen molar-refractivity contribution in [1.82, 2.24) is 10.3 Å². The molecule has 0 aliphatic heterocycles. The van der Waals surface area contributed by atoms with Gasteiger partial charge in [-0.3, -0.25) is 4.79 Å². The van der Waals surface area contributed by atoms with Crippen molar-refractivity contribution in [2.75, 3.05) is 10.6 Å². The number of nitrogens with one attached hydrogen (secondary N) is 3. The van der Waals surface area contributed by atoms with Crippen molar-refractivity contribution in [1.29, 1.82) is 0 Å². The molecule has 0 aliphatic rings. The number of amides is 3. The highest BCUT2D eigenvalue weighted by Gasteiger charge is 2.13. The normalized spacial score (nSPS) is 10.3. The Morgan fingerprint density at radius 1 is 1.17 bits per heavy atom. The Balaban J connectivity index is 2.05. The summed E-state index contributed by atoms with van der Waals surface area (Å²) in [6.45, 7) is 3.24. The maximum atomic E-state index is 13.7. The second-order valence-electron chi connectivity index (χ2n) is 4.66. The van der Waals surface area contributed by atoms with E-state index in [4.69, 9.17) is 0 Å². The van der Waals surface area contributed by atoms with Crippen LogP contribution in [0.25, 0.3) is 0 Å². The van der Waals surface area contributed by atoms with Gasteiger partial charge < -0.3 is 16.0 Å². The van der Waals surface area contributed by atoms with Gasteiger partial charge in [-0.2, -0.15) is 0 Å². The first kappa shape index (κ1) is 16.8. The van der Waals surface area contributed by atoms with Crippen LogP contribution in [0.4, 0.5) is 25.0 Å². The average Bonchev–Trinajstić information content (AvgIpc) is 2.87. The number of hydrogen-bond donors (Lipinski definition) is 3. The van der Waals surface area contributed by atoms with E-state index in [-0.39, 0.29) is 17.9 Å². The Morgan fingerprint density at radius 2 is 1.83 bits per heavy atom.